The summed E-state index contributed by atoms with van der Waals surface area (Å²) in [7, 11) is 0. The molecule has 0 spiro atoms. The third-order valence-electron chi connectivity index (χ3n) is 3.54. The van der Waals surface area contributed by atoms with Crippen LogP contribution in [0.5, 0.6) is 0 Å². The molecule has 0 fully saturated rings. The number of rotatable bonds is 4. The smallest absolute Gasteiger partial charge is 0.367 e. The molecule has 0 amide bonds. The Morgan fingerprint density at radius 1 is 1.16 bits per heavy atom. The molecule has 128 valence electrons. The molecule has 6 nitrogen and oxygen atoms in total. The van der Waals surface area contributed by atoms with Crippen molar-refractivity contribution in [3.05, 3.63) is 53.3 Å². The van der Waals surface area contributed by atoms with Gasteiger partial charge in [0.25, 0.3) is 0 Å². The average Bonchev–Trinajstić information content (AvgIpc) is 3.17. The van der Waals surface area contributed by atoms with Crippen molar-refractivity contribution in [3.8, 4) is 11.3 Å². The van der Waals surface area contributed by atoms with E-state index < -0.39 is 5.97 Å². The Bertz CT molecular complexity index is 871. The van der Waals surface area contributed by atoms with Crippen LogP contribution >= 0.6 is 0 Å². The summed E-state index contributed by atoms with van der Waals surface area (Å²) in [6.07, 6.45) is 1.42. The van der Waals surface area contributed by atoms with E-state index in [1.54, 1.807) is 63.2 Å². The van der Waals surface area contributed by atoms with E-state index in [-0.39, 0.29) is 12.1 Å². The quantitative estimate of drug-likeness (QED) is 0.480. The molecule has 1 aliphatic rings. The van der Waals surface area contributed by atoms with Crippen LogP contribution in [0.1, 0.15) is 36.9 Å². The Morgan fingerprint density at radius 2 is 1.88 bits per heavy atom. The largest absolute Gasteiger partial charge is 0.459 e. The van der Waals surface area contributed by atoms with Gasteiger partial charge in [0, 0.05) is 5.56 Å². The second-order valence-electron chi connectivity index (χ2n) is 5.85. The number of oxime groups is 1. The van der Waals surface area contributed by atoms with Gasteiger partial charge in [0.2, 0.25) is 0 Å². The average molecular weight is 339 g/mol. The Hall–Kier alpha value is -3.15. The number of benzene rings is 1. The second-order valence-corrected chi connectivity index (χ2v) is 5.85. The summed E-state index contributed by atoms with van der Waals surface area (Å²) in [6, 6.07) is 10.5. The number of furan rings is 1. The normalized spacial score (nSPS) is 15.4. The van der Waals surface area contributed by atoms with Crippen molar-refractivity contribution in [1.29, 1.82) is 0 Å². The highest BCUT2D eigenvalue weighted by Gasteiger charge is 2.22. The van der Waals surface area contributed by atoms with Gasteiger partial charge in [-0.25, -0.2) is 9.59 Å². The summed E-state index contributed by atoms with van der Waals surface area (Å²) in [5, 5.41) is 3.62. The van der Waals surface area contributed by atoms with Gasteiger partial charge in [-0.2, -0.15) is 0 Å². The standard InChI is InChI=1S/C19H17NO5/c1-11(2)23-18(21)14-6-4-13(5-7-14)17-9-8-15(24-17)10-16-12(3)20-25-19(16)22/h4-11H,1-3H3. The van der Waals surface area contributed by atoms with Crippen molar-refractivity contribution < 1.29 is 23.6 Å². The third kappa shape index (κ3) is 3.68. The summed E-state index contributed by atoms with van der Waals surface area (Å²) in [6.45, 7) is 5.30. The molecule has 1 aromatic heterocycles. The highest BCUT2D eigenvalue weighted by Crippen LogP contribution is 2.25. The third-order valence-corrected chi connectivity index (χ3v) is 3.54. The number of hydrogen-bond acceptors (Lipinski definition) is 6. The Balaban J connectivity index is 1.79. The SMILES string of the molecule is CC1=NOC(=O)C1=Cc1ccc(-c2ccc(C(=O)OC(C)C)cc2)o1. The molecule has 1 aromatic carbocycles. The van der Waals surface area contributed by atoms with Crippen molar-refractivity contribution in [3.63, 3.8) is 0 Å². The molecular weight excluding hydrogens is 322 g/mol. The van der Waals surface area contributed by atoms with Crippen molar-refractivity contribution in [1.82, 2.24) is 0 Å². The Labute approximate surface area is 144 Å². The first kappa shape index (κ1) is 16.7. The molecule has 6 heteroatoms. The van der Waals surface area contributed by atoms with Crippen molar-refractivity contribution in [2.24, 2.45) is 5.16 Å². The molecule has 0 saturated carbocycles. The van der Waals surface area contributed by atoms with Gasteiger partial charge in [-0.3, -0.25) is 0 Å². The fourth-order valence-corrected chi connectivity index (χ4v) is 2.30. The fraction of sp³-hybridized carbons (Fsp3) is 0.211. The predicted molar refractivity (Wildman–Crippen MR) is 91.9 cm³/mol. The summed E-state index contributed by atoms with van der Waals surface area (Å²) < 4.78 is 10.9. The zero-order valence-corrected chi connectivity index (χ0v) is 14.1. The van der Waals surface area contributed by atoms with Crippen LogP contribution in [0.25, 0.3) is 17.4 Å². The Kier molecular flexibility index (Phi) is 4.52. The molecule has 0 atom stereocenters. The lowest BCUT2D eigenvalue weighted by atomic mass is 10.1. The number of nitrogens with zero attached hydrogens (tertiary/aromatic N) is 1. The number of esters is 1. The van der Waals surface area contributed by atoms with Crippen LogP contribution in [0.4, 0.5) is 0 Å². The lowest BCUT2D eigenvalue weighted by molar-refractivity contribution is -0.136. The number of ether oxygens (including phenoxy) is 1. The summed E-state index contributed by atoms with van der Waals surface area (Å²) >= 11 is 0. The second kappa shape index (κ2) is 6.76. The molecule has 0 saturated heterocycles. The van der Waals surface area contributed by atoms with Gasteiger partial charge in [0.15, 0.2) is 0 Å². The van der Waals surface area contributed by atoms with Crippen LogP contribution in [0.15, 0.2) is 51.5 Å². The van der Waals surface area contributed by atoms with Crippen LogP contribution < -0.4 is 0 Å². The molecular formula is C19H17NO5. The van der Waals surface area contributed by atoms with Gasteiger partial charge in [-0.05, 0) is 51.1 Å². The van der Waals surface area contributed by atoms with E-state index in [9.17, 15) is 9.59 Å². The zero-order chi connectivity index (χ0) is 18.0. The van der Waals surface area contributed by atoms with Crippen LogP contribution in [-0.4, -0.2) is 23.8 Å². The van der Waals surface area contributed by atoms with Gasteiger partial charge >= 0.3 is 11.9 Å². The maximum atomic E-state index is 11.9. The number of hydrogen-bond donors (Lipinski definition) is 0. The van der Waals surface area contributed by atoms with Gasteiger partial charge in [0.1, 0.15) is 11.5 Å². The Morgan fingerprint density at radius 3 is 2.48 bits per heavy atom. The first-order valence-electron chi connectivity index (χ1n) is 7.83. The lowest BCUT2D eigenvalue weighted by Crippen LogP contribution is -2.11. The van der Waals surface area contributed by atoms with Gasteiger partial charge in [0.05, 0.1) is 23.0 Å². The lowest BCUT2D eigenvalue weighted by Gasteiger charge is -2.07. The monoisotopic (exact) mass is 339 g/mol. The van der Waals surface area contributed by atoms with Crippen LogP contribution in [0, 0.1) is 0 Å². The maximum Gasteiger partial charge on any atom is 0.367 e. The fourth-order valence-electron chi connectivity index (χ4n) is 2.30. The first-order chi connectivity index (χ1) is 11.9. The molecule has 0 bridgehead atoms. The van der Waals surface area contributed by atoms with Gasteiger partial charge < -0.3 is 14.0 Å². The molecule has 3 rings (SSSR count). The number of carbonyl (C=O) groups is 2. The molecule has 2 heterocycles. The highest BCUT2D eigenvalue weighted by atomic mass is 16.7. The van der Waals surface area contributed by atoms with E-state index in [0.717, 1.165) is 5.56 Å². The van der Waals surface area contributed by atoms with Gasteiger partial charge in [-0.15, -0.1) is 0 Å². The van der Waals surface area contributed by atoms with Crippen molar-refractivity contribution in [2.45, 2.75) is 26.9 Å². The topological polar surface area (TPSA) is 78.1 Å². The van der Waals surface area contributed by atoms with E-state index in [2.05, 4.69) is 9.99 Å². The molecule has 0 unspecified atom stereocenters. The van der Waals surface area contributed by atoms with Crippen LogP contribution in [0.2, 0.25) is 0 Å². The first-order valence-corrected chi connectivity index (χ1v) is 7.83. The molecule has 0 aliphatic carbocycles. The minimum Gasteiger partial charge on any atom is -0.459 e. The van der Waals surface area contributed by atoms with Crippen LogP contribution in [0.3, 0.4) is 0 Å². The molecule has 1 aliphatic heterocycles. The van der Waals surface area contributed by atoms with E-state index in [0.29, 0.717) is 28.4 Å². The molecule has 0 N–H and O–H groups in total. The minimum atomic E-state index is -0.497. The minimum absolute atomic E-state index is 0.165. The zero-order valence-electron chi connectivity index (χ0n) is 14.1. The van der Waals surface area contributed by atoms with E-state index in [1.807, 2.05) is 0 Å². The predicted octanol–water partition coefficient (Wildman–Crippen LogP) is 3.83. The molecule has 0 radical (unpaired) electrons. The van der Waals surface area contributed by atoms with E-state index >= 15 is 0 Å². The van der Waals surface area contributed by atoms with Crippen molar-refractivity contribution in [2.75, 3.05) is 0 Å². The number of carbonyl (C=O) groups excluding carboxylic acids is 2. The van der Waals surface area contributed by atoms with E-state index in [4.69, 9.17) is 9.15 Å². The summed E-state index contributed by atoms with van der Waals surface area (Å²) in [4.78, 5) is 28.0. The van der Waals surface area contributed by atoms with Crippen molar-refractivity contribution >= 4 is 23.7 Å². The van der Waals surface area contributed by atoms with E-state index in [1.165, 1.54) is 0 Å². The van der Waals surface area contributed by atoms with Gasteiger partial charge in [-0.1, -0.05) is 17.3 Å². The molecule has 2 aromatic rings. The molecule has 25 heavy (non-hydrogen) atoms. The summed E-state index contributed by atoms with van der Waals surface area (Å²) in [5.74, 6) is 0.280. The van der Waals surface area contributed by atoms with Crippen LogP contribution in [-0.2, 0) is 14.4 Å². The summed E-state index contributed by atoms with van der Waals surface area (Å²) in [5.41, 5.74) is 2.17. The highest BCUT2D eigenvalue weighted by molar-refractivity contribution is 6.24. The maximum absolute atomic E-state index is 11.9.